The van der Waals surface area contributed by atoms with Crippen molar-refractivity contribution in [2.45, 2.75) is 19.0 Å². The lowest BCUT2D eigenvalue weighted by molar-refractivity contribution is -0.137. The maximum Gasteiger partial charge on any atom is 0.416 e. The molecule has 0 atom stereocenters. The van der Waals surface area contributed by atoms with Crippen molar-refractivity contribution in [2.75, 3.05) is 11.4 Å². The zero-order valence-electron chi connectivity index (χ0n) is 16.5. The molecule has 0 radical (unpaired) electrons. The molecule has 32 heavy (non-hydrogen) atoms. The molecule has 0 saturated heterocycles. The minimum Gasteiger partial charge on any atom is -0.300 e. The van der Waals surface area contributed by atoms with Crippen molar-refractivity contribution < 1.29 is 22.8 Å². The van der Waals surface area contributed by atoms with Crippen LogP contribution in [0.25, 0.3) is 20.8 Å². The minimum atomic E-state index is -4.54. The predicted molar refractivity (Wildman–Crippen MR) is 119 cm³/mol. The van der Waals surface area contributed by atoms with Gasteiger partial charge >= 0.3 is 6.18 Å². The second-order valence-corrected chi connectivity index (χ2v) is 9.36. The monoisotopic (exact) mass is 472 g/mol. The summed E-state index contributed by atoms with van der Waals surface area (Å²) in [6.45, 7) is -0.262. The Morgan fingerprint density at radius 3 is 2.59 bits per heavy atom. The highest BCUT2D eigenvalue weighted by Crippen LogP contribution is 2.37. The maximum atomic E-state index is 13.5. The van der Waals surface area contributed by atoms with E-state index < -0.39 is 17.6 Å². The van der Waals surface area contributed by atoms with Gasteiger partial charge in [-0.3, -0.25) is 9.59 Å². The topological polar surface area (TPSA) is 50.3 Å². The molecule has 0 saturated carbocycles. The number of anilines is 1. The number of benzene rings is 1. The van der Waals surface area contributed by atoms with Crippen LogP contribution in [0.4, 0.5) is 18.9 Å². The van der Waals surface area contributed by atoms with Crippen LogP contribution in [0.2, 0.25) is 0 Å². The number of aromatic nitrogens is 1. The molecular formula is C23H15F3N2O2S2. The number of fused-ring (bicyclic) bond motifs is 3. The number of thiophene rings is 2. The first-order chi connectivity index (χ1) is 15.3. The Hall–Kier alpha value is -3.04. The fourth-order valence-corrected chi connectivity index (χ4v) is 5.65. The molecule has 0 N–H and O–H groups in total. The lowest BCUT2D eigenvalue weighted by Crippen LogP contribution is -2.37. The molecule has 0 bridgehead atoms. The van der Waals surface area contributed by atoms with E-state index in [1.807, 2.05) is 29.6 Å². The Balaban J connectivity index is 1.61. The van der Waals surface area contributed by atoms with Crippen molar-refractivity contribution in [1.82, 2.24) is 4.98 Å². The largest absolute Gasteiger partial charge is 0.416 e. The van der Waals surface area contributed by atoms with Crippen LogP contribution in [0.1, 0.15) is 27.2 Å². The number of halogens is 3. The molecule has 0 fully saturated rings. The second-order valence-electron chi connectivity index (χ2n) is 7.41. The number of Topliss-reactive ketones (excluding diaryl/α,β-unsaturated/α-hetero) is 1. The van der Waals surface area contributed by atoms with Crippen LogP contribution in [0, 0.1) is 0 Å². The smallest absolute Gasteiger partial charge is 0.300 e. The Morgan fingerprint density at radius 1 is 1.00 bits per heavy atom. The number of ketones is 1. The molecule has 4 nitrogen and oxygen atoms in total. The van der Waals surface area contributed by atoms with E-state index in [1.165, 1.54) is 23.5 Å². The van der Waals surface area contributed by atoms with Crippen molar-refractivity contribution >= 4 is 50.3 Å². The molecule has 4 aromatic rings. The third-order valence-electron chi connectivity index (χ3n) is 5.34. The van der Waals surface area contributed by atoms with Gasteiger partial charge in [0.2, 0.25) is 0 Å². The number of rotatable bonds is 2. The summed E-state index contributed by atoms with van der Waals surface area (Å²) in [7, 11) is 0. The molecule has 1 aliphatic rings. The van der Waals surface area contributed by atoms with Gasteiger partial charge in [0.25, 0.3) is 5.91 Å². The lowest BCUT2D eigenvalue weighted by atomic mass is 10.0. The van der Waals surface area contributed by atoms with E-state index >= 15 is 0 Å². The zero-order chi connectivity index (χ0) is 22.5. The number of nitrogens with zero attached hydrogens (tertiary/aromatic N) is 2. The molecule has 1 amide bonds. The van der Waals surface area contributed by atoms with Crippen molar-refractivity contribution in [3.63, 3.8) is 0 Å². The molecular weight excluding hydrogens is 457 g/mol. The van der Waals surface area contributed by atoms with E-state index in [-0.39, 0.29) is 24.4 Å². The van der Waals surface area contributed by atoms with Gasteiger partial charge in [0.15, 0.2) is 5.78 Å². The summed E-state index contributed by atoms with van der Waals surface area (Å²) >= 11 is 2.78. The van der Waals surface area contributed by atoms with Crippen molar-refractivity contribution in [3.8, 4) is 10.6 Å². The standard InChI is InChI=1S/C23H15F3N2O2S2/c24-23(25,26)13-3-1-4-14(11-13)28-12-15(29)6-7-16-17-8-9-18(19-5-2-10-31-19)27-21(17)32-20(16)22(28)30/h1-5,8-11H,6-7,12H2. The number of alkyl halides is 3. The Labute approximate surface area is 188 Å². The molecule has 1 aliphatic heterocycles. The number of pyridine rings is 1. The maximum absolute atomic E-state index is 13.5. The van der Waals surface area contributed by atoms with Crippen LogP contribution in [0.5, 0.6) is 0 Å². The van der Waals surface area contributed by atoms with Crippen LogP contribution in [0.15, 0.2) is 53.9 Å². The molecule has 1 aromatic carbocycles. The van der Waals surface area contributed by atoms with E-state index in [0.29, 0.717) is 16.1 Å². The summed E-state index contributed by atoms with van der Waals surface area (Å²) in [5.74, 6) is -0.683. The molecule has 4 heterocycles. The van der Waals surface area contributed by atoms with Crippen molar-refractivity contribution in [1.29, 1.82) is 0 Å². The van der Waals surface area contributed by atoms with E-state index in [0.717, 1.165) is 38.6 Å². The van der Waals surface area contributed by atoms with Crippen LogP contribution in [-0.2, 0) is 17.4 Å². The fraction of sp³-hybridized carbons (Fsp3) is 0.174. The predicted octanol–water partition coefficient (Wildman–Crippen LogP) is 6.21. The van der Waals surface area contributed by atoms with E-state index in [1.54, 1.807) is 11.3 Å². The molecule has 162 valence electrons. The van der Waals surface area contributed by atoms with Crippen molar-refractivity contribution in [3.05, 3.63) is 69.9 Å². The third-order valence-corrected chi connectivity index (χ3v) is 7.37. The lowest BCUT2D eigenvalue weighted by Gasteiger charge is -2.25. The first-order valence-corrected chi connectivity index (χ1v) is 11.5. The van der Waals surface area contributed by atoms with Gasteiger partial charge in [0, 0.05) is 17.5 Å². The Morgan fingerprint density at radius 2 is 1.84 bits per heavy atom. The van der Waals surface area contributed by atoms with Crippen molar-refractivity contribution in [2.24, 2.45) is 0 Å². The third kappa shape index (κ3) is 3.71. The molecule has 0 spiro atoms. The first-order valence-electron chi connectivity index (χ1n) is 9.78. The summed E-state index contributed by atoms with van der Waals surface area (Å²) in [6.07, 6.45) is -3.94. The summed E-state index contributed by atoms with van der Waals surface area (Å²) < 4.78 is 39.6. The quantitative estimate of drug-likeness (QED) is 0.349. The average Bonchev–Trinajstić information content (AvgIpc) is 3.42. The van der Waals surface area contributed by atoms with Gasteiger partial charge in [-0.05, 0) is 53.8 Å². The minimum absolute atomic E-state index is 0.0516. The second kappa shape index (κ2) is 7.83. The summed E-state index contributed by atoms with van der Waals surface area (Å²) in [5.41, 5.74) is 0.706. The average molecular weight is 473 g/mol. The number of amides is 1. The highest BCUT2D eigenvalue weighted by molar-refractivity contribution is 7.20. The van der Waals surface area contributed by atoms with Gasteiger partial charge in [0.05, 0.1) is 27.6 Å². The number of hydrogen-bond donors (Lipinski definition) is 0. The molecule has 5 rings (SSSR count). The molecule has 3 aromatic heterocycles. The highest BCUT2D eigenvalue weighted by Gasteiger charge is 2.33. The number of carbonyl (C=O) groups excluding carboxylic acids is 2. The number of carbonyl (C=O) groups is 2. The fourth-order valence-electron chi connectivity index (χ4n) is 3.78. The normalized spacial score (nSPS) is 15.0. The van der Waals surface area contributed by atoms with E-state index in [4.69, 9.17) is 4.98 Å². The van der Waals surface area contributed by atoms with Crippen LogP contribution in [-0.4, -0.2) is 23.2 Å². The van der Waals surface area contributed by atoms with Gasteiger partial charge in [-0.2, -0.15) is 13.2 Å². The SMILES string of the molecule is O=C1CCc2c(sc3nc(-c4cccs4)ccc23)C(=O)N(c2cccc(C(F)(F)F)c2)C1. The molecule has 0 unspecified atom stereocenters. The summed E-state index contributed by atoms with van der Waals surface area (Å²) in [6, 6.07) is 12.2. The van der Waals surface area contributed by atoms with Gasteiger partial charge < -0.3 is 4.90 Å². The van der Waals surface area contributed by atoms with E-state index in [9.17, 15) is 22.8 Å². The zero-order valence-corrected chi connectivity index (χ0v) is 18.1. The Bertz CT molecular complexity index is 1340. The van der Waals surface area contributed by atoms with Crippen LogP contribution in [0.3, 0.4) is 0 Å². The van der Waals surface area contributed by atoms with Gasteiger partial charge in [-0.25, -0.2) is 4.98 Å². The van der Waals surface area contributed by atoms with Gasteiger partial charge in [-0.1, -0.05) is 12.1 Å². The first kappa shape index (κ1) is 20.8. The van der Waals surface area contributed by atoms with Crippen LogP contribution >= 0.6 is 22.7 Å². The number of aryl methyl sites for hydroxylation is 1. The molecule has 9 heteroatoms. The number of hydrogen-bond acceptors (Lipinski definition) is 5. The summed E-state index contributed by atoms with van der Waals surface area (Å²) in [4.78, 5) is 33.9. The Kier molecular flexibility index (Phi) is 5.10. The highest BCUT2D eigenvalue weighted by atomic mass is 32.1. The summed E-state index contributed by atoms with van der Waals surface area (Å²) in [5, 5.41) is 2.76. The van der Waals surface area contributed by atoms with Gasteiger partial charge in [-0.15, -0.1) is 22.7 Å². The van der Waals surface area contributed by atoms with Crippen LogP contribution < -0.4 is 4.90 Å². The van der Waals surface area contributed by atoms with E-state index in [2.05, 4.69) is 0 Å². The molecule has 0 aliphatic carbocycles. The van der Waals surface area contributed by atoms with Gasteiger partial charge in [0.1, 0.15) is 4.83 Å².